The summed E-state index contributed by atoms with van der Waals surface area (Å²) in [7, 11) is 1.62. The summed E-state index contributed by atoms with van der Waals surface area (Å²) in [6.45, 7) is 8.51. The van der Waals surface area contributed by atoms with Gasteiger partial charge in [-0.3, -0.25) is 14.5 Å². The molecule has 1 N–H and O–H groups in total. The SMILES string of the molecule is CCN(CC)C(=O)COC1CN(Cc2ccc(OC)cc2)C(=O)CN(C(C)CO)C1. The molecule has 2 unspecified atom stereocenters. The Hall–Kier alpha value is -2.16. The molecule has 0 aromatic heterocycles. The number of carbonyl (C=O) groups is 2. The van der Waals surface area contributed by atoms with Crippen LogP contribution in [0.1, 0.15) is 26.3 Å². The molecule has 0 bridgehead atoms. The third-order valence-electron chi connectivity index (χ3n) is 5.53. The maximum Gasteiger partial charge on any atom is 0.248 e. The average molecular weight is 422 g/mol. The largest absolute Gasteiger partial charge is 0.497 e. The second kappa shape index (κ2) is 11.9. The maximum atomic E-state index is 12.9. The van der Waals surface area contributed by atoms with E-state index in [-0.39, 0.29) is 43.7 Å². The van der Waals surface area contributed by atoms with Gasteiger partial charge in [-0.1, -0.05) is 12.1 Å². The summed E-state index contributed by atoms with van der Waals surface area (Å²) in [5, 5.41) is 9.58. The van der Waals surface area contributed by atoms with Gasteiger partial charge >= 0.3 is 0 Å². The van der Waals surface area contributed by atoms with Crippen LogP contribution in [0.3, 0.4) is 0 Å². The molecule has 1 fully saturated rings. The number of benzene rings is 1. The lowest BCUT2D eigenvalue weighted by atomic mass is 10.2. The second-order valence-electron chi connectivity index (χ2n) is 7.58. The summed E-state index contributed by atoms with van der Waals surface area (Å²) in [4.78, 5) is 30.7. The van der Waals surface area contributed by atoms with E-state index in [0.717, 1.165) is 11.3 Å². The number of rotatable bonds is 10. The van der Waals surface area contributed by atoms with Gasteiger partial charge in [-0.05, 0) is 38.5 Å². The average Bonchev–Trinajstić information content (AvgIpc) is 2.91. The van der Waals surface area contributed by atoms with Gasteiger partial charge in [0.25, 0.3) is 0 Å². The van der Waals surface area contributed by atoms with Crippen LogP contribution in [0.25, 0.3) is 0 Å². The first-order valence-electron chi connectivity index (χ1n) is 10.6. The van der Waals surface area contributed by atoms with Crippen LogP contribution in [0.2, 0.25) is 0 Å². The Morgan fingerprint density at radius 1 is 1.23 bits per heavy atom. The van der Waals surface area contributed by atoms with Crippen molar-refractivity contribution in [3.05, 3.63) is 29.8 Å². The molecule has 8 nitrogen and oxygen atoms in total. The number of aliphatic hydroxyl groups excluding tert-OH is 1. The van der Waals surface area contributed by atoms with E-state index in [1.165, 1.54) is 0 Å². The van der Waals surface area contributed by atoms with Gasteiger partial charge in [0.05, 0.1) is 26.4 Å². The molecule has 0 saturated carbocycles. The highest BCUT2D eigenvalue weighted by Gasteiger charge is 2.31. The summed E-state index contributed by atoms with van der Waals surface area (Å²) < 4.78 is 11.2. The number of hydrogen-bond donors (Lipinski definition) is 1. The monoisotopic (exact) mass is 421 g/mol. The van der Waals surface area contributed by atoms with Gasteiger partial charge in [0.1, 0.15) is 12.4 Å². The molecule has 1 aliphatic heterocycles. The summed E-state index contributed by atoms with van der Waals surface area (Å²) in [6.07, 6.45) is -0.316. The Kier molecular flexibility index (Phi) is 9.55. The van der Waals surface area contributed by atoms with E-state index >= 15 is 0 Å². The first kappa shape index (κ1) is 24.1. The third kappa shape index (κ3) is 6.68. The van der Waals surface area contributed by atoms with Crippen molar-refractivity contribution in [2.24, 2.45) is 0 Å². The molecule has 168 valence electrons. The normalized spacial score (nSPS) is 18.8. The molecule has 2 rings (SSSR count). The van der Waals surface area contributed by atoms with Crippen molar-refractivity contribution >= 4 is 11.8 Å². The zero-order valence-electron chi connectivity index (χ0n) is 18.5. The van der Waals surface area contributed by atoms with Crippen molar-refractivity contribution in [3.8, 4) is 5.75 Å². The Bertz CT molecular complexity index is 678. The fourth-order valence-electron chi connectivity index (χ4n) is 3.52. The topological polar surface area (TPSA) is 82.6 Å². The molecule has 30 heavy (non-hydrogen) atoms. The van der Waals surface area contributed by atoms with Crippen molar-refractivity contribution in [2.75, 3.05) is 53.0 Å². The first-order valence-corrected chi connectivity index (χ1v) is 10.6. The highest BCUT2D eigenvalue weighted by atomic mass is 16.5. The van der Waals surface area contributed by atoms with Crippen LogP contribution in [-0.4, -0.2) is 96.8 Å². The van der Waals surface area contributed by atoms with Crippen molar-refractivity contribution in [1.82, 2.24) is 14.7 Å². The number of nitrogens with zero attached hydrogens (tertiary/aromatic N) is 3. The molecule has 8 heteroatoms. The molecule has 1 aromatic carbocycles. The highest BCUT2D eigenvalue weighted by molar-refractivity contribution is 5.79. The molecule has 0 aliphatic carbocycles. The number of likely N-dealkylation sites (N-methyl/N-ethyl adjacent to an activating group) is 1. The molecule has 1 aromatic rings. The standard InChI is InChI=1S/C22H35N3O5/c1-5-23(6-2)22(28)16-30-20-12-24(17(3)15-26)14-21(27)25(13-20)11-18-7-9-19(29-4)10-8-18/h7-10,17,20,26H,5-6,11-16H2,1-4H3. The van der Waals surface area contributed by atoms with Gasteiger partial charge < -0.3 is 24.4 Å². The smallest absolute Gasteiger partial charge is 0.248 e. The lowest BCUT2D eigenvalue weighted by molar-refractivity contribution is -0.138. The summed E-state index contributed by atoms with van der Waals surface area (Å²) >= 11 is 0. The zero-order chi connectivity index (χ0) is 22.1. The third-order valence-corrected chi connectivity index (χ3v) is 5.53. The number of hydrogen-bond acceptors (Lipinski definition) is 6. The van der Waals surface area contributed by atoms with Crippen LogP contribution in [0, 0.1) is 0 Å². The quantitative estimate of drug-likeness (QED) is 0.606. The zero-order valence-corrected chi connectivity index (χ0v) is 18.5. The number of amides is 2. The lowest BCUT2D eigenvalue weighted by Crippen LogP contribution is -2.43. The van der Waals surface area contributed by atoms with Gasteiger partial charge in [0.2, 0.25) is 11.8 Å². The summed E-state index contributed by atoms with van der Waals surface area (Å²) in [5.74, 6) is 0.686. The molecule has 1 heterocycles. The van der Waals surface area contributed by atoms with Crippen LogP contribution in [0.4, 0.5) is 0 Å². The molecular formula is C22H35N3O5. The minimum Gasteiger partial charge on any atom is -0.497 e. The Morgan fingerprint density at radius 2 is 1.90 bits per heavy atom. The van der Waals surface area contributed by atoms with Gasteiger partial charge in [0.15, 0.2) is 0 Å². The van der Waals surface area contributed by atoms with E-state index in [0.29, 0.717) is 32.7 Å². The summed E-state index contributed by atoms with van der Waals surface area (Å²) in [5.41, 5.74) is 0.991. The van der Waals surface area contributed by atoms with Crippen LogP contribution >= 0.6 is 0 Å². The molecule has 1 aliphatic rings. The Morgan fingerprint density at radius 3 is 2.47 bits per heavy atom. The van der Waals surface area contributed by atoms with Crippen LogP contribution in [0.5, 0.6) is 5.75 Å². The lowest BCUT2D eigenvalue weighted by Gasteiger charge is -2.28. The fourth-order valence-corrected chi connectivity index (χ4v) is 3.52. The van der Waals surface area contributed by atoms with Crippen LogP contribution < -0.4 is 4.74 Å². The second-order valence-corrected chi connectivity index (χ2v) is 7.58. The van der Waals surface area contributed by atoms with Gasteiger partial charge in [-0.15, -0.1) is 0 Å². The van der Waals surface area contributed by atoms with E-state index < -0.39 is 0 Å². The number of ether oxygens (including phenoxy) is 2. The first-order chi connectivity index (χ1) is 14.4. The van der Waals surface area contributed by atoms with E-state index in [1.807, 2.05) is 49.9 Å². The van der Waals surface area contributed by atoms with E-state index in [9.17, 15) is 14.7 Å². The molecule has 0 spiro atoms. The van der Waals surface area contributed by atoms with Crippen molar-refractivity contribution in [2.45, 2.75) is 39.5 Å². The van der Waals surface area contributed by atoms with Gasteiger partial charge in [-0.25, -0.2) is 0 Å². The maximum absolute atomic E-state index is 12.9. The molecule has 0 radical (unpaired) electrons. The van der Waals surface area contributed by atoms with Crippen molar-refractivity contribution in [3.63, 3.8) is 0 Å². The van der Waals surface area contributed by atoms with Gasteiger partial charge in [-0.2, -0.15) is 0 Å². The molecule has 2 amide bonds. The number of aliphatic hydroxyl groups is 1. The Balaban J connectivity index is 2.11. The van der Waals surface area contributed by atoms with E-state index in [4.69, 9.17) is 9.47 Å². The number of carbonyl (C=O) groups excluding carboxylic acids is 2. The minimum absolute atomic E-state index is 0.0156. The molecule has 2 atom stereocenters. The molecular weight excluding hydrogens is 386 g/mol. The van der Waals surface area contributed by atoms with Crippen LogP contribution in [-0.2, 0) is 20.9 Å². The Labute approximate surface area is 179 Å². The van der Waals surface area contributed by atoms with Gasteiger partial charge in [0, 0.05) is 38.8 Å². The predicted molar refractivity (Wildman–Crippen MR) is 114 cm³/mol. The summed E-state index contributed by atoms with van der Waals surface area (Å²) in [6, 6.07) is 7.44. The molecule has 1 saturated heterocycles. The van der Waals surface area contributed by atoms with Crippen molar-refractivity contribution < 1.29 is 24.2 Å². The minimum atomic E-state index is -0.316. The fraction of sp³-hybridized carbons (Fsp3) is 0.636. The number of methoxy groups -OCH3 is 1. The van der Waals surface area contributed by atoms with Crippen molar-refractivity contribution in [1.29, 1.82) is 0 Å². The van der Waals surface area contributed by atoms with Crippen LogP contribution in [0.15, 0.2) is 24.3 Å². The predicted octanol–water partition coefficient (Wildman–Crippen LogP) is 0.974. The van der Waals surface area contributed by atoms with E-state index in [1.54, 1.807) is 16.9 Å². The highest BCUT2D eigenvalue weighted by Crippen LogP contribution is 2.17. The van der Waals surface area contributed by atoms with E-state index in [2.05, 4.69) is 0 Å².